The van der Waals surface area contributed by atoms with Crippen molar-refractivity contribution < 1.29 is 0 Å². The Morgan fingerprint density at radius 1 is 1.33 bits per heavy atom. The van der Waals surface area contributed by atoms with Crippen LogP contribution in [0.3, 0.4) is 0 Å². The quantitative estimate of drug-likeness (QED) is 0.665. The van der Waals surface area contributed by atoms with E-state index in [0.717, 1.165) is 13.7 Å². The molecule has 0 N–H and O–H groups in total. The van der Waals surface area contributed by atoms with E-state index in [9.17, 15) is 0 Å². The largest absolute Gasteiger partial charge is 0.149 e. The van der Waals surface area contributed by atoms with Crippen LogP contribution >= 0.6 is 50.2 Å². The Morgan fingerprint density at radius 2 is 2.13 bits per heavy atom. The molecule has 78 valence electrons. The predicted octanol–water partition coefficient (Wildman–Crippen LogP) is 5.70. The van der Waals surface area contributed by atoms with Gasteiger partial charge in [-0.1, -0.05) is 23.8 Å². The molecule has 0 atom stereocenters. The van der Waals surface area contributed by atoms with Crippen molar-refractivity contribution in [3.05, 3.63) is 41.6 Å². The minimum absolute atomic E-state index is 0.808. The zero-order valence-corrected chi connectivity index (χ0v) is 11.9. The molecule has 2 aromatic heterocycles. The monoisotopic (exact) mass is 318 g/mol. The zero-order chi connectivity index (χ0) is 10.8. The van der Waals surface area contributed by atoms with E-state index in [1.54, 1.807) is 22.7 Å². The first-order chi connectivity index (χ1) is 7.15. The van der Waals surface area contributed by atoms with Gasteiger partial charge in [-0.05, 0) is 45.9 Å². The molecule has 0 saturated heterocycles. The molecular weight excluding hydrogens is 312 g/mol. The Labute approximate surface area is 110 Å². The number of rotatable bonds is 2. The van der Waals surface area contributed by atoms with Crippen LogP contribution in [0.2, 0.25) is 4.34 Å². The van der Waals surface area contributed by atoms with Crippen LogP contribution in [-0.4, -0.2) is 0 Å². The van der Waals surface area contributed by atoms with Crippen molar-refractivity contribution in [2.24, 2.45) is 0 Å². The molecule has 0 aliphatic heterocycles. The summed E-state index contributed by atoms with van der Waals surface area (Å²) in [6, 6.07) is 4.13. The lowest BCUT2D eigenvalue weighted by Crippen LogP contribution is -1.64. The smallest absolute Gasteiger partial charge is 0.0946 e. The standard InChI is InChI=1S/C11H8BrClS2/c1-7-4-8(6-14-7)2-3-9-5-10(13)15-11(9)12/h2-6H,1H3/b3-2+. The minimum Gasteiger partial charge on any atom is -0.149 e. The Kier molecular flexibility index (Phi) is 3.67. The normalized spacial score (nSPS) is 11.4. The number of thiophene rings is 2. The van der Waals surface area contributed by atoms with E-state index in [1.165, 1.54) is 10.4 Å². The molecule has 4 heteroatoms. The molecule has 0 radical (unpaired) electrons. The highest BCUT2D eigenvalue weighted by Crippen LogP contribution is 2.32. The fourth-order valence-corrected chi connectivity index (χ4v) is 3.88. The van der Waals surface area contributed by atoms with Gasteiger partial charge < -0.3 is 0 Å². The van der Waals surface area contributed by atoms with Gasteiger partial charge in [0.1, 0.15) is 0 Å². The highest BCUT2D eigenvalue weighted by Gasteiger charge is 2.01. The summed E-state index contributed by atoms with van der Waals surface area (Å²) in [5.41, 5.74) is 2.38. The van der Waals surface area contributed by atoms with Crippen LogP contribution in [0.4, 0.5) is 0 Å². The van der Waals surface area contributed by atoms with Crippen molar-refractivity contribution in [2.75, 3.05) is 0 Å². The maximum absolute atomic E-state index is 5.91. The minimum atomic E-state index is 0.808. The first kappa shape index (κ1) is 11.4. The van der Waals surface area contributed by atoms with Gasteiger partial charge in [0.25, 0.3) is 0 Å². The van der Waals surface area contributed by atoms with Gasteiger partial charge in [0.2, 0.25) is 0 Å². The van der Waals surface area contributed by atoms with Crippen LogP contribution in [0.25, 0.3) is 12.2 Å². The van der Waals surface area contributed by atoms with Crippen LogP contribution < -0.4 is 0 Å². The van der Waals surface area contributed by atoms with Gasteiger partial charge in [0.05, 0.1) is 8.12 Å². The average Bonchev–Trinajstić information content (AvgIpc) is 2.70. The maximum Gasteiger partial charge on any atom is 0.0946 e. The van der Waals surface area contributed by atoms with Gasteiger partial charge in [-0.15, -0.1) is 22.7 Å². The summed E-state index contributed by atoms with van der Waals surface area (Å²) < 4.78 is 1.89. The molecular formula is C11H8BrClS2. The van der Waals surface area contributed by atoms with Crippen molar-refractivity contribution in [1.29, 1.82) is 0 Å². The zero-order valence-electron chi connectivity index (χ0n) is 7.96. The molecule has 0 nitrogen and oxygen atoms in total. The van der Waals surface area contributed by atoms with Crippen molar-refractivity contribution in [3.8, 4) is 0 Å². The predicted molar refractivity (Wildman–Crippen MR) is 75.0 cm³/mol. The summed E-state index contributed by atoms with van der Waals surface area (Å²) in [5.74, 6) is 0. The van der Waals surface area contributed by atoms with Crippen molar-refractivity contribution >= 4 is 62.4 Å². The Bertz CT molecular complexity index is 496. The molecule has 2 heterocycles. The lowest BCUT2D eigenvalue weighted by Gasteiger charge is -1.86. The highest BCUT2D eigenvalue weighted by molar-refractivity contribution is 9.11. The van der Waals surface area contributed by atoms with E-state index in [-0.39, 0.29) is 0 Å². The highest BCUT2D eigenvalue weighted by atomic mass is 79.9. The SMILES string of the molecule is Cc1cc(/C=C/c2cc(Cl)sc2Br)cs1. The van der Waals surface area contributed by atoms with Gasteiger partial charge >= 0.3 is 0 Å². The first-order valence-electron chi connectivity index (χ1n) is 4.33. The van der Waals surface area contributed by atoms with Gasteiger partial charge in [0.15, 0.2) is 0 Å². The Balaban J connectivity index is 2.21. The van der Waals surface area contributed by atoms with Crippen LogP contribution in [0.1, 0.15) is 16.0 Å². The molecule has 0 spiro atoms. The van der Waals surface area contributed by atoms with Crippen LogP contribution in [0.5, 0.6) is 0 Å². The fourth-order valence-electron chi connectivity index (χ4n) is 1.20. The van der Waals surface area contributed by atoms with E-state index in [4.69, 9.17) is 11.6 Å². The van der Waals surface area contributed by atoms with E-state index in [2.05, 4.69) is 46.5 Å². The van der Waals surface area contributed by atoms with Gasteiger partial charge in [-0.2, -0.15) is 0 Å². The molecule has 0 unspecified atom stereocenters. The summed E-state index contributed by atoms with van der Waals surface area (Å²) in [6.07, 6.45) is 4.18. The molecule has 2 aromatic rings. The van der Waals surface area contributed by atoms with Crippen molar-refractivity contribution in [1.82, 2.24) is 0 Å². The summed E-state index contributed by atoms with van der Waals surface area (Å²) in [5, 5.41) is 2.15. The maximum atomic E-state index is 5.91. The van der Waals surface area contributed by atoms with Gasteiger partial charge in [0, 0.05) is 10.4 Å². The van der Waals surface area contributed by atoms with E-state index in [1.807, 2.05) is 6.07 Å². The third-order valence-corrected chi connectivity index (χ3v) is 4.78. The molecule has 15 heavy (non-hydrogen) atoms. The van der Waals surface area contributed by atoms with Gasteiger partial charge in [-0.3, -0.25) is 0 Å². The van der Waals surface area contributed by atoms with E-state index in [0.29, 0.717) is 0 Å². The summed E-state index contributed by atoms with van der Waals surface area (Å²) in [6.45, 7) is 2.11. The molecule has 0 saturated carbocycles. The van der Waals surface area contributed by atoms with E-state index >= 15 is 0 Å². The summed E-state index contributed by atoms with van der Waals surface area (Å²) in [4.78, 5) is 1.33. The Hall–Kier alpha value is -0.0900. The number of halogens is 2. The number of hydrogen-bond acceptors (Lipinski definition) is 2. The molecule has 2 rings (SSSR count). The topological polar surface area (TPSA) is 0 Å². The van der Waals surface area contributed by atoms with Crippen molar-refractivity contribution in [2.45, 2.75) is 6.92 Å². The second-order valence-electron chi connectivity index (χ2n) is 3.10. The average molecular weight is 320 g/mol. The third-order valence-electron chi connectivity index (χ3n) is 1.89. The van der Waals surface area contributed by atoms with Crippen LogP contribution in [-0.2, 0) is 0 Å². The lowest BCUT2D eigenvalue weighted by molar-refractivity contribution is 1.63. The van der Waals surface area contributed by atoms with Crippen molar-refractivity contribution in [3.63, 3.8) is 0 Å². The Morgan fingerprint density at radius 3 is 2.67 bits per heavy atom. The second-order valence-corrected chi connectivity index (χ2v) is 7.22. The summed E-state index contributed by atoms with van der Waals surface area (Å²) >= 11 is 12.7. The second kappa shape index (κ2) is 4.83. The van der Waals surface area contributed by atoms with Crippen LogP contribution in [0.15, 0.2) is 21.3 Å². The van der Waals surface area contributed by atoms with Crippen LogP contribution in [0, 0.1) is 6.92 Å². The molecule has 0 aliphatic rings. The number of aryl methyl sites for hydroxylation is 1. The molecule has 0 fully saturated rings. The molecule has 0 amide bonds. The molecule has 0 bridgehead atoms. The molecule has 0 aromatic carbocycles. The fraction of sp³-hybridized carbons (Fsp3) is 0.0909. The summed E-state index contributed by atoms with van der Waals surface area (Å²) in [7, 11) is 0. The van der Waals surface area contributed by atoms with E-state index < -0.39 is 0 Å². The number of hydrogen-bond donors (Lipinski definition) is 0. The third kappa shape index (κ3) is 2.94. The lowest BCUT2D eigenvalue weighted by atomic mass is 10.2. The first-order valence-corrected chi connectivity index (χ1v) is 7.20. The molecule has 0 aliphatic carbocycles. The van der Waals surface area contributed by atoms with Gasteiger partial charge in [-0.25, -0.2) is 0 Å².